The topological polar surface area (TPSA) is 87.4 Å². The third kappa shape index (κ3) is 2.46. The number of nitrogens with two attached hydrogens (primary N) is 1. The van der Waals surface area contributed by atoms with Crippen LogP contribution < -0.4 is 16.0 Å². The van der Waals surface area contributed by atoms with E-state index in [0.29, 0.717) is 17.8 Å². The van der Waals surface area contributed by atoms with Crippen molar-refractivity contribution in [3.8, 4) is 11.3 Å². The van der Waals surface area contributed by atoms with Gasteiger partial charge in [0.2, 0.25) is 5.95 Å². The molecule has 1 saturated heterocycles. The van der Waals surface area contributed by atoms with Crippen LogP contribution in [-0.2, 0) is 6.54 Å². The molecule has 1 aromatic heterocycles. The van der Waals surface area contributed by atoms with Gasteiger partial charge < -0.3 is 20.9 Å². The molecule has 7 nitrogen and oxygen atoms in total. The Morgan fingerprint density at radius 3 is 2.75 bits per heavy atom. The summed E-state index contributed by atoms with van der Waals surface area (Å²) in [5, 5.41) is 2.84. The third-order valence-corrected chi connectivity index (χ3v) is 4.70. The van der Waals surface area contributed by atoms with Gasteiger partial charge in [-0.3, -0.25) is 4.79 Å². The molecule has 0 atom stereocenters. The molecule has 3 heterocycles. The number of carbonyl (C=O) groups excluding carboxylic acids is 1. The number of nitrogens with zero attached hydrogens (tertiary/aromatic N) is 4. The molecule has 7 heteroatoms. The number of hydrogen-bond donors (Lipinski definition) is 2. The number of carbonyl (C=O) groups is 1. The van der Waals surface area contributed by atoms with Gasteiger partial charge in [0.1, 0.15) is 0 Å². The molecule has 0 saturated carbocycles. The Morgan fingerprint density at radius 2 is 1.96 bits per heavy atom. The Bertz CT molecular complexity index is 798. The molecule has 0 radical (unpaired) electrons. The van der Waals surface area contributed by atoms with Crippen molar-refractivity contribution in [1.29, 1.82) is 0 Å². The van der Waals surface area contributed by atoms with Crippen LogP contribution in [-0.4, -0.2) is 54.0 Å². The maximum atomic E-state index is 12.0. The molecule has 2 aromatic rings. The van der Waals surface area contributed by atoms with Crippen molar-refractivity contribution in [2.75, 3.05) is 43.9 Å². The van der Waals surface area contributed by atoms with Gasteiger partial charge in [-0.25, -0.2) is 9.97 Å². The number of rotatable bonds is 2. The molecule has 2 aliphatic rings. The number of nitrogens with one attached hydrogen (secondary N) is 1. The second-order valence-corrected chi connectivity index (χ2v) is 6.27. The number of fused-ring (bicyclic) bond motifs is 1. The first kappa shape index (κ1) is 14.9. The quantitative estimate of drug-likeness (QED) is 0.792. The summed E-state index contributed by atoms with van der Waals surface area (Å²) in [5.41, 5.74) is 9.74. The normalized spacial score (nSPS) is 17.7. The summed E-state index contributed by atoms with van der Waals surface area (Å²) in [6.07, 6.45) is 1.78. The number of amides is 1. The molecule has 1 amide bonds. The van der Waals surface area contributed by atoms with Gasteiger partial charge >= 0.3 is 0 Å². The van der Waals surface area contributed by atoms with Crippen molar-refractivity contribution in [3.05, 3.63) is 35.5 Å². The fourth-order valence-corrected chi connectivity index (χ4v) is 3.27. The van der Waals surface area contributed by atoms with E-state index in [4.69, 9.17) is 10.7 Å². The van der Waals surface area contributed by atoms with Crippen molar-refractivity contribution in [1.82, 2.24) is 20.2 Å². The maximum absolute atomic E-state index is 12.0. The molecule has 0 spiro atoms. The SMILES string of the molecule is CN1CCN(c2nccc(-c3ccc(N)c4c3CNC4=O)n2)CC1. The van der Waals surface area contributed by atoms with Crippen LogP contribution in [0.15, 0.2) is 24.4 Å². The second kappa shape index (κ2) is 5.76. The molecule has 24 heavy (non-hydrogen) atoms. The van der Waals surface area contributed by atoms with Crippen molar-refractivity contribution < 1.29 is 4.79 Å². The van der Waals surface area contributed by atoms with Crippen molar-refractivity contribution in [3.63, 3.8) is 0 Å². The zero-order valence-electron chi connectivity index (χ0n) is 13.6. The van der Waals surface area contributed by atoms with E-state index in [9.17, 15) is 4.79 Å². The fourth-order valence-electron chi connectivity index (χ4n) is 3.27. The van der Waals surface area contributed by atoms with Gasteiger partial charge in [-0.15, -0.1) is 0 Å². The van der Waals surface area contributed by atoms with Crippen molar-refractivity contribution in [2.24, 2.45) is 0 Å². The van der Waals surface area contributed by atoms with E-state index in [-0.39, 0.29) is 5.91 Å². The fraction of sp³-hybridized carbons (Fsp3) is 0.353. The summed E-state index contributed by atoms with van der Waals surface area (Å²) in [7, 11) is 2.12. The summed E-state index contributed by atoms with van der Waals surface area (Å²) < 4.78 is 0. The molecule has 124 valence electrons. The van der Waals surface area contributed by atoms with Gasteiger partial charge in [-0.1, -0.05) is 6.07 Å². The summed E-state index contributed by atoms with van der Waals surface area (Å²) >= 11 is 0. The first-order valence-electron chi connectivity index (χ1n) is 8.10. The van der Waals surface area contributed by atoms with Gasteiger partial charge in [-0.05, 0) is 24.7 Å². The average Bonchev–Trinajstić information content (AvgIpc) is 2.99. The van der Waals surface area contributed by atoms with E-state index in [1.54, 1.807) is 12.3 Å². The van der Waals surface area contributed by atoms with Crippen LogP contribution in [0.5, 0.6) is 0 Å². The molecule has 0 bridgehead atoms. The largest absolute Gasteiger partial charge is 0.398 e. The molecular weight excluding hydrogens is 304 g/mol. The number of benzene rings is 1. The van der Waals surface area contributed by atoms with Crippen molar-refractivity contribution >= 4 is 17.5 Å². The monoisotopic (exact) mass is 324 g/mol. The average molecular weight is 324 g/mol. The van der Waals surface area contributed by atoms with E-state index >= 15 is 0 Å². The second-order valence-electron chi connectivity index (χ2n) is 6.27. The highest BCUT2D eigenvalue weighted by Crippen LogP contribution is 2.32. The Morgan fingerprint density at radius 1 is 1.17 bits per heavy atom. The van der Waals surface area contributed by atoms with E-state index in [2.05, 4.69) is 27.1 Å². The predicted molar refractivity (Wildman–Crippen MR) is 92.8 cm³/mol. The highest BCUT2D eigenvalue weighted by atomic mass is 16.1. The standard InChI is InChI=1S/C17H20N6O/c1-22-6-8-23(9-7-22)17-19-5-4-14(21-17)11-2-3-13(18)15-12(11)10-20-16(15)24/h2-5H,6-10,18H2,1H3,(H,20,24). The van der Waals surface area contributed by atoms with Crippen LogP contribution in [0.3, 0.4) is 0 Å². The third-order valence-electron chi connectivity index (χ3n) is 4.70. The minimum absolute atomic E-state index is 0.113. The number of nitrogen functional groups attached to an aromatic ring is 1. The molecular formula is C17H20N6O. The van der Waals surface area contributed by atoms with E-state index in [1.807, 2.05) is 12.1 Å². The number of anilines is 2. The lowest BCUT2D eigenvalue weighted by molar-refractivity contribution is 0.0966. The van der Waals surface area contributed by atoms with Gasteiger partial charge in [0, 0.05) is 50.2 Å². The summed E-state index contributed by atoms with van der Waals surface area (Å²) in [4.78, 5) is 25.6. The molecule has 4 rings (SSSR count). The number of likely N-dealkylation sites (N-methyl/N-ethyl adjacent to an activating group) is 1. The molecule has 3 N–H and O–H groups in total. The van der Waals surface area contributed by atoms with E-state index in [1.165, 1.54) is 0 Å². The summed E-state index contributed by atoms with van der Waals surface area (Å²) in [5.74, 6) is 0.626. The molecule has 0 aliphatic carbocycles. The number of hydrogen-bond acceptors (Lipinski definition) is 6. The van der Waals surface area contributed by atoms with Crippen LogP contribution in [0.2, 0.25) is 0 Å². The zero-order valence-corrected chi connectivity index (χ0v) is 13.6. The first-order chi connectivity index (χ1) is 11.6. The molecule has 1 aromatic carbocycles. The summed E-state index contributed by atoms with van der Waals surface area (Å²) in [6.45, 7) is 4.33. The van der Waals surface area contributed by atoms with Crippen LogP contribution in [0.1, 0.15) is 15.9 Å². The smallest absolute Gasteiger partial charge is 0.254 e. The van der Waals surface area contributed by atoms with Crippen LogP contribution in [0.4, 0.5) is 11.6 Å². The molecule has 0 unspecified atom stereocenters. The van der Waals surface area contributed by atoms with Crippen LogP contribution in [0.25, 0.3) is 11.3 Å². The number of aromatic nitrogens is 2. The van der Waals surface area contributed by atoms with Crippen LogP contribution in [0, 0.1) is 0 Å². The van der Waals surface area contributed by atoms with E-state index in [0.717, 1.165) is 48.9 Å². The first-order valence-corrected chi connectivity index (χ1v) is 8.10. The molecule has 2 aliphatic heterocycles. The lowest BCUT2D eigenvalue weighted by atomic mass is 9.99. The Hall–Kier alpha value is -2.67. The minimum atomic E-state index is -0.113. The highest BCUT2D eigenvalue weighted by Gasteiger charge is 2.26. The van der Waals surface area contributed by atoms with E-state index < -0.39 is 0 Å². The Balaban J connectivity index is 1.71. The van der Waals surface area contributed by atoms with Gasteiger partial charge in [0.25, 0.3) is 5.91 Å². The Kier molecular flexibility index (Phi) is 3.57. The molecule has 1 fully saturated rings. The highest BCUT2D eigenvalue weighted by molar-refractivity contribution is 6.05. The van der Waals surface area contributed by atoms with Gasteiger partial charge in [0.05, 0.1) is 11.3 Å². The van der Waals surface area contributed by atoms with Gasteiger partial charge in [0.15, 0.2) is 0 Å². The number of piperazine rings is 1. The predicted octanol–water partition coefficient (Wildman–Crippen LogP) is 0.721. The lowest BCUT2D eigenvalue weighted by Gasteiger charge is -2.32. The minimum Gasteiger partial charge on any atom is -0.398 e. The van der Waals surface area contributed by atoms with Gasteiger partial charge in [-0.2, -0.15) is 0 Å². The summed E-state index contributed by atoms with van der Waals surface area (Å²) in [6, 6.07) is 5.59. The van der Waals surface area contributed by atoms with Crippen LogP contribution >= 0.6 is 0 Å². The Labute approximate surface area is 140 Å². The zero-order chi connectivity index (χ0) is 16.7. The van der Waals surface area contributed by atoms with Crippen molar-refractivity contribution in [2.45, 2.75) is 6.54 Å². The lowest BCUT2D eigenvalue weighted by Crippen LogP contribution is -2.45. The maximum Gasteiger partial charge on any atom is 0.254 e.